The van der Waals surface area contributed by atoms with E-state index < -0.39 is 21.7 Å². The monoisotopic (exact) mass is 570 g/mol. The average Bonchev–Trinajstić information content (AvgIpc) is 3.74. The highest BCUT2D eigenvalue weighted by Gasteiger charge is 2.56. The highest BCUT2D eigenvalue weighted by Crippen LogP contribution is 2.51. The molecular weight excluding hydrogens is 540 g/mol. The Morgan fingerprint density at radius 1 is 0.643 bits per heavy atom. The molecule has 1 fully saturated rings. The number of rotatable bonds is 8. The molecular formula is C36H30N2O3S. The number of hydrogen-bond acceptors (Lipinski definition) is 4. The first-order valence-electron chi connectivity index (χ1n) is 14.1. The fourth-order valence-corrected chi connectivity index (χ4v) is 7.94. The molecule has 7 rings (SSSR count). The van der Waals surface area contributed by atoms with E-state index in [1.165, 1.54) is 3.97 Å². The van der Waals surface area contributed by atoms with Crippen molar-refractivity contribution < 1.29 is 13.5 Å². The fraction of sp³-hybridized carbons (Fsp3) is 0.111. The lowest BCUT2D eigenvalue weighted by Crippen LogP contribution is -2.39. The topological polar surface area (TPSA) is 62.3 Å². The molecule has 1 unspecified atom stereocenters. The third-order valence-corrected chi connectivity index (χ3v) is 10.1. The normalized spacial score (nSPS) is 17.6. The number of aliphatic hydroxyl groups is 1. The van der Waals surface area contributed by atoms with Crippen molar-refractivity contribution in [3.63, 3.8) is 0 Å². The van der Waals surface area contributed by atoms with Gasteiger partial charge in [0.25, 0.3) is 10.0 Å². The van der Waals surface area contributed by atoms with Crippen molar-refractivity contribution >= 4 is 20.9 Å². The van der Waals surface area contributed by atoms with Gasteiger partial charge in [0.2, 0.25) is 0 Å². The lowest BCUT2D eigenvalue weighted by molar-refractivity contribution is 0.137. The minimum absolute atomic E-state index is 0.180. The molecule has 1 aliphatic heterocycles. The maximum Gasteiger partial charge on any atom is 0.268 e. The molecule has 1 aromatic heterocycles. The fourth-order valence-electron chi connectivity index (χ4n) is 6.37. The number of hydrogen-bond donors (Lipinski definition) is 1. The molecule has 1 N–H and O–H groups in total. The number of aliphatic hydroxyl groups excluding tert-OH is 1. The van der Waals surface area contributed by atoms with Gasteiger partial charge in [-0.25, -0.2) is 12.4 Å². The average molecular weight is 571 g/mol. The van der Waals surface area contributed by atoms with Crippen molar-refractivity contribution in [3.05, 3.63) is 174 Å². The van der Waals surface area contributed by atoms with Crippen LogP contribution in [0.1, 0.15) is 28.5 Å². The molecule has 0 spiro atoms. The lowest BCUT2D eigenvalue weighted by Gasteiger charge is -2.38. The third kappa shape index (κ3) is 4.19. The van der Waals surface area contributed by atoms with Gasteiger partial charge in [0.05, 0.1) is 27.7 Å². The SMILES string of the molecule is O=S(=O)(c1ccccc1)n1c([C@@H](O)[C@@H]2CN2C(c2ccccc2)(c2ccccc2)c2ccccc2)cc2ccccc21. The van der Waals surface area contributed by atoms with E-state index in [9.17, 15) is 13.5 Å². The summed E-state index contributed by atoms with van der Waals surface area (Å²) in [5.41, 5.74) is 3.45. The van der Waals surface area contributed by atoms with Crippen LogP contribution in [0, 0.1) is 0 Å². The van der Waals surface area contributed by atoms with Crippen molar-refractivity contribution in [2.75, 3.05) is 6.54 Å². The summed E-state index contributed by atoms with van der Waals surface area (Å²) in [6, 6.07) is 48.2. The second-order valence-corrected chi connectivity index (χ2v) is 12.5. The van der Waals surface area contributed by atoms with Crippen molar-refractivity contribution in [3.8, 4) is 0 Å². The van der Waals surface area contributed by atoms with E-state index in [2.05, 4.69) is 41.3 Å². The number of fused-ring (bicyclic) bond motifs is 1. The predicted octanol–water partition coefficient (Wildman–Crippen LogP) is 6.59. The molecule has 6 heteroatoms. The largest absolute Gasteiger partial charge is 0.385 e. The van der Waals surface area contributed by atoms with Crippen LogP contribution in [0.5, 0.6) is 0 Å². The molecule has 0 aliphatic carbocycles. The summed E-state index contributed by atoms with van der Waals surface area (Å²) in [6.45, 7) is 0.576. The quantitative estimate of drug-likeness (QED) is 0.166. The van der Waals surface area contributed by atoms with Gasteiger partial charge in [-0.2, -0.15) is 0 Å². The second-order valence-electron chi connectivity index (χ2n) is 10.7. The summed E-state index contributed by atoms with van der Waals surface area (Å²) in [4.78, 5) is 2.47. The summed E-state index contributed by atoms with van der Waals surface area (Å²) in [5, 5.41) is 12.9. The highest BCUT2D eigenvalue weighted by molar-refractivity contribution is 7.90. The van der Waals surface area contributed by atoms with Crippen LogP contribution in [0.3, 0.4) is 0 Å². The first-order chi connectivity index (χ1) is 20.5. The summed E-state index contributed by atoms with van der Waals surface area (Å²) >= 11 is 0. The molecule has 5 nitrogen and oxygen atoms in total. The summed E-state index contributed by atoms with van der Waals surface area (Å²) < 4.78 is 29.4. The molecule has 208 valence electrons. The maximum atomic E-state index is 14.1. The van der Waals surface area contributed by atoms with Crippen LogP contribution < -0.4 is 0 Å². The number of para-hydroxylation sites is 1. The van der Waals surface area contributed by atoms with Gasteiger partial charge in [-0.15, -0.1) is 0 Å². The van der Waals surface area contributed by atoms with Crippen LogP contribution in [0.4, 0.5) is 0 Å². The molecule has 3 atom stereocenters. The van der Waals surface area contributed by atoms with Crippen molar-refractivity contribution in [2.45, 2.75) is 22.6 Å². The van der Waals surface area contributed by atoms with Gasteiger partial charge in [0.15, 0.2) is 0 Å². The van der Waals surface area contributed by atoms with Crippen LogP contribution in [0.25, 0.3) is 10.9 Å². The number of benzene rings is 5. The Labute approximate surface area is 246 Å². The molecule has 0 radical (unpaired) electrons. The van der Waals surface area contributed by atoms with Crippen LogP contribution in [0.15, 0.2) is 157 Å². The number of nitrogens with zero attached hydrogens (tertiary/aromatic N) is 2. The minimum atomic E-state index is -3.97. The Bertz CT molecular complexity index is 1840. The number of aromatic nitrogens is 1. The highest BCUT2D eigenvalue weighted by atomic mass is 32.2. The molecule has 0 bridgehead atoms. The predicted molar refractivity (Wildman–Crippen MR) is 166 cm³/mol. The zero-order valence-electron chi connectivity index (χ0n) is 22.9. The summed E-state index contributed by atoms with van der Waals surface area (Å²) in [5.74, 6) is 0. The van der Waals surface area contributed by atoms with Gasteiger partial charge in [0, 0.05) is 11.9 Å². The maximum absolute atomic E-state index is 14.1. The van der Waals surface area contributed by atoms with Crippen molar-refractivity contribution in [2.24, 2.45) is 0 Å². The molecule has 0 saturated carbocycles. The van der Waals surface area contributed by atoms with E-state index in [1.807, 2.05) is 78.9 Å². The van der Waals surface area contributed by atoms with E-state index in [1.54, 1.807) is 36.4 Å². The Morgan fingerprint density at radius 3 is 1.62 bits per heavy atom. The molecule has 5 aromatic carbocycles. The van der Waals surface area contributed by atoms with Crippen LogP contribution >= 0.6 is 0 Å². The van der Waals surface area contributed by atoms with Crippen molar-refractivity contribution in [1.29, 1.82) is 0 Å². The van der Waals surface area contributed by atoms with Gasteiger partial charge in [0.1, 0.15) is 6.10 Å². The van der Waals surface area contributed by atoms with Crippen LogP contribution in [0.2, 0.25) is 0 Å². The summed E-state index contributed by atoms with van der Waals surface area (Å²) in [7, 11) is -3.97. The van der Waals surface area contributed by atoms with Gasteiger partial charge < -0.3 is 5.11 Å². The molecule has 0 amide bonds. The molecule has 2 heterocycles. The first kappa shape index (κ1) is 26.4. The van der Waals surface area contributed by atoms with Gasteiger partial charge in [-0.3, -0.25) is 4.90 Å². The Balaban J connectivity index is 1.40. The van der Waals surface area contributed by atoms with E-state index in [-0.39, 0.29) is 10.9 Å². The molecule has 6 aromatic rings. The minimum Gasteiger partial charge on any atom is -0.385 e. The van der Waals surface area contributed by atoms with E-state index in [4.69, 9.17) is 0 Å². The van der Waals surface area contributed by atoms with E-state index >= 15 is 0 Å². The molecule has 1 aliphatic rings. The summed E-state index contributed by atoms with van der Waals surface area (Å²) in [6.07, 6.45) is -1.06. The first-order valence-corrected chi connectivity index (χ1v) is 15.5. The molecule has 42 heavy (non-hydrogen) atoms. The second kappa shape index (κ2) is 10.4. The Kier molecular flexibility index (Phi) is 6.54. The van der Waals surface area contributed by atoms with Gasteiger partial charge in [-0.1, -0.05) is 127 Å². The van der Waals surface area contributed by atoms with Gasteiger partial charge in [-0.05, 0) is 41.0 Å². The van der Waals surface area contributed by atoms with Crippen molar-refractivity contribution in [1.82, 2.24) is 8.87 Å². The third-order valence-electron chi connectivity index (χ3n) is 8.30. The molecule has 1 saturated heterocycles. The van der Waals surface area contributed by atoms with E-state index in [0.717, 1.165) is 22.1 Å². The smallest absolute Gasteiger partial charge is 0.268 e. The lowest BCUT2D eigenvalue weighted by atomic mass is 9.76. The van der Waals surface area contributed by atoms with E-state index in [0.29, 0.717) is 17.8 Å². The van der Waals surface area contributed by atoms with Gasteiger partial charge >= 0.3 is 0 Å². The Hall–Kier alpha value is -4.49. The standard InChI is InChI=1S/C36H30N2O3S/c39-35(33-25-27-15-13-14-24-32(27)38(33)42(40,41)31-22-11-4-12-23-31)34-26-37(34)36(28-16-5-1-6-17-28,29-18-7-2-8-19-29)30-20-9-3-10-21-30/h1-25,34-35,39H,26H2/t34-,35+,37?/m0/s1. The zero-order valence-corrected chi connectivity index (χ0v) is 23.7. The van der Waals surface area contributed by atoms with Crippen LogP contribution in [-0.2, 0) is 15.6 Å². The zero-order chi connectivity index (χ0) is 28.7. The van der Waals surface area contributed by atoms with Crippen LogP contribution in [-0.4, -0.2) is 35.0 Å². The Morgan fingerprint density at radius 2 is 1.10 bits per heavy atom.